The number of aromatic nitrogens is 5. The Morgan fingerprint density at radius 1 is 1.27 bits per heavy atom. The summed E-state index contributed by atoms with van der Waals surface area (Å²) in [6, 6.07) is 1.82. The summed E-state index contributed by atoms with van der Waals surface area (Å²) in [5.74, 6) is 2.00. The number of nitrogen functional groups attached to an aromatic ring is 1. The average molecular weight is 202 g/mol. The molecule has 1 aliphatic rings. The molecule has 0 radical (unpaired) electrons. The summed E-state index contributed by atoms with van der Waals surface area (Å²) in [7, 11) is 0. The quantitative estimate of drug-likeness (QED) is 0.767. The lowest BCUT2D eigenvalue weighted by molar-refractivity contribution is 0.770. The van der Waals surface area contributed by atoms with Gasteiger partial charge in [0.25, 0.3) is 5.95 Å². The SMILES string of the molecule is Nc1nc(C2CC2)nc(-n2cccn2)n1. The van der Waals surface area contributed by atoms with Crippen LogP contribution in [0.2, 0.25) is 0 Å². The van der Waals surface area contributed by atoms with Crippen molar-refractivity contribution in [3.8, 4) is 5.95 Å². The van der Waals surface area contributed by atoms with E-state index in [1.165, 1.54) is 0 Å². The maximum absolute atomic E-state index is 5.63. The van der Waals surface area contributed by atoms with E-state index in [1.54, 1.807) is 17.1 Å². The van der Waals surface area contributed by atoms with Crippen LogP contribution in [0.25, 0.3) is 5.95 Å². The normalized spacial score (nSPS) is 15.5. The van der Waals surface area contributed by atoms with Gasteiger partial charge in [0, 0.05) is 18.3 Å². The van der Waals surface area contributed by atoms with Gasteiger partial charge < -0.3 is 5.73 Å². The average Bonchev–Trinajstić information content (AvgIpc) is 2.93. The molecule has 6 heteroatoms. The second kappa shape index (κ2) is 3.01. The zero-order valence-electron chi connectivity index (χ0n) is 8.04. The standard InChI is InChI=1S/C9H10N6/c10-8-12-7(6-2-3-6)13-9(14-8)15-5-1-4-11-15/h1,4-6H,2-3H2,(H2,10,12,13,14). The second-order valence-corrected chi connectivity index (χ2v) is 3.58. The molecule has 76 valence electrons. The Balaban J connectivity index is 2.07. The molecular formula is C9H10N6. The number of hydrogen-bond donors (Lipinski definition) is 1. The predicted molar refractivity (Wildman–Crippen MR) is 53.3 cm³/mol. The number of nitrogens with zero attached hydrogens (tertiary/aromatic N) is 5. The summed E-state index contributed by atoms with van der Waals surface area (Å²) < 4.78 is 1.59. The number of anilines is 1. The molecule has 2 aromatic heterocycles. The van der Waals surface area contributed by atoms with Gasteiger partial charge in [0.1, 0.15) is 5.82 Å². The molecule has 1 fully saturated rings. The molecule has 15 heavy (non-hydrogen) atoms. The van der Waals surface area contributed by atoms with Crippen molar-refractivity contribution in [3.63, 3.8) is 0 Å². The number of rotatable bonds is 2. The molecule has 0 spiro atoms. The van der Waals surface area contributed by atoms with Crippen LogP contribution < -0.4 is 5.73 Å². The van der Waals surface area contributed by atoms with Gasteiger partial charge in [-0.05, 0) is 18.9 Å². The molecule has 0 atom stereocenters. The highest BCUT2D eigenvalue weighted by atomic mass is 15.4. The molecule has 3 rings (SSSR count). The van der Waals surface area contributed by atoms with E-state index in [4.69, 9.17) is 5.73 Å². The summed E-state index contributed by atoms with van der Waals surface area (Å²) in [4.78, 5) is 12.5. The highest BCUT2D eigenvalue weighted by Crippen LogP contribution is 2.38. The summed E-state index contributed by atoms with van der Waals surface area (Å²) >= 11 is 0. The molecule has 2 N–H and O–H groups in total. The largest absolute Gasteiger partial charge is 0.368 e. The molecular weight excluding hydrogens is 192 g/mol. The third-order valence-electron chi connectivity index (χ3n) is 2.31. The Labute approximate surface area is 86.2 Å². The van der Waals surface area contributed by atoms with Crippen LogP contribution >= 0.6 is 0 Å². The number of nitrogens with two attached hydrogens (primary N) is 1. The molecule has 0 aromatic carbocycles. The van der Waals surface area contributed by atoms with Crippen LogP contribution in [0.3, 0.4) is 0 Å². The monoisotopic (exact) mass is 202 g/mol. The van der Waals surface area contributed by atoms with Crippen LogP contribution in [-0.2, 0) is 0 Å². The summed E-state index contributed by atoms with van der Waals surface area (Å²) in [5, 5.41) is 4.06. The van der Waals surface area contributed by atoms with Gasteiger partial charge in [0.05, 0.1) is 0 Å². The molecule has 2 aromatic rings. The van der Waals surface area contributed by atoms with Crippen molar-refractivity contribution in [3.05, 3.63) is 24.3 Å². The summed E-state index contributed by atoms with van der Waals surface area (Å²) in [6.07, 6.45) is 5.74. The molecule has 0 unspecified atom stereocenters. The molecule has 2 heterocycles. The van der Waals surface area contributed by atoms with Crippen LogP contribution in [0, 0.1) is 0 Å². The molecule has 0 amide bonds. The van der Waals surface area contributed by atoms with Gasteiger partial charge in [-0.1, -0.05) is 0 Å². The predicted octanol–water partition coefficient (Wildman–Crippen LogP) is 0.517. The minimum atomic E-state index is 0.261. The van der Waals surface area contributed by atoms with Crippen LogP contribution in [0.4, 0.5) is 5.95 Å². The zero-order chi connectivity index (χ0) is 10.3. The summed E-state index contributed by atoms with van der Waals surface area (Å²) in [6.45, 7) is 0. The Kier molecular flexibility index (Phi) is 1.67. The van der Waals surface area contributed by atoms with Gasteiger partial charge in [-0.3, -0.25) is 0 Å². The molecule has 1 saturated carbocycles. The van der Waals surface area contributed by atoms with Crippen LogP contribution in [0.15, 0.2) is 18.5 Å². The van der Waals surface area contributed by atoms with E-state index in [2.05, 4.69) is 20.1 Å². The third kappa shape index (κ3) is 1.54. The second-order valence-electron chi connectivity index (χ2n) is 3.58. The minimum Gasteiger partial charge on any atom is -0.368 e. The topological polar surface area (TPSA) is 82.5 Å². The van der Waals surface area contributed by atoms with Gasteiger partial charge in [0.15, 0.2) is 0 Å². The van der Waals surface area contributed by atoms with E-state index in [1.807, 2.05) is 6.07 Å². The van der Waals surface area contributed by atoms with Gasteiger partial charge in [-0.2, -0.15) is 20.1 Å². The molecule has 0 bridgehead atoms. The Bertz CT molecular complexity index is 473. The fourth-order valence-corrected chi connectivity index (χ4v) is 1.41. The first-order valence-electron chi connectivity index (χ1n) is 4.84. The van der Waals surface area contributed by atoms with E-state index in [0.29, 0.717) is 11.9 Å². The van der Waals surface area contributed by atoms with Gasteiger partial charge in [0.2, 0.25) is 5.95 Å². The van der Waals surface area contributed by atoms with Gasteiger partial charge in [-0.15, -0.1) is 0 Å². The van der Waals surface area contributed by atoms with Crippen molar-refractivity contribution < 1.29 is 0 Å². The maximum atomic E-state index is 5.63. The van der Waals surface area contributed by atoms with Gasteiger partial charge >= 0.3 is 0 Å². The first-order chi connectivity index (χ1) is 7.33. The Hall–Kier alpha value is -1.98. The smallest absolute Gasteiger partial charge is 0.255 e. The van der Waals surface area contributed by atoms with Crippen molar-refractivity contribution in [1.82, 2.24) is 24.7 Å². The lowest BCUT2D eigenvalue weighted by atomic mass is 10.4. The van der Waals surface area contributed by atoms with Crippen molar-refractivity contribution >= 4 is 5.95 Å². The Morgan fingerprint density at radius 3 is 2.80 bits per heavy atom. The highest BCUT2D eigenvalue weighted by molar-refractivity contribution is 5.24. The molecule has 6 nitrogen and oxygen atoms in total. The van der Waals surface area contributed by atoms with E-state index in [-0.39, 0.29) is 5.95 Å². The van der Waals surface area contributed by atoms with Crippen molar-refractivity contribution in [2.45, 2.75) is 18.8 Å². The lowest BCUT2D eigenvalue weighted by Gasteiger charge is -2.02. The number of hydrogen-bond acceptors (Lipinski definition) is 5. The van der Waals surface area contributed by atoms with E-state index in [0.717, 1.165) is 18.7 Å². The van der Waals surface area contributed by atoms with E-state index < -0.39 is 0 Å². The fraction of sp³-hybridized carbons (Fsp3) is 0.333. The van der Waals surface area contributed by atoms with Crippen LogP contribution in [0.1, 0.15) is 24.6 Å². The molecule has 0 saturated heterocycles. The van der Waals surface area contributed by atoms with Gasteiger partial charge in [-0.25, -0.2) is 4.68 Å². The first-order valence-corrected chi connectivity index (χ1v) is 4.84. The first kappa shape index (κ1) is 8.34. The minimum absolute atomic E-state index is 0.261. The third-order valence-corrected chi connectivity index (χ3v) is 2.31. The Morgan fingerprint density at radius 2 is 2.13 bits per heavy atom. The van der Waals surface area contributed by atoms with Crippen molar-refractivity contribution in [2.24, 2.45) is 0 Å². The van der Waals surface area contributed by atoms with Crippen LogP contribution in [0.5, 0.6) is 0 Å². The fourth-order valence-electron chi connectivity index (χ4n) is 1.41. The van der Waals surface area contributed by atoms with E-state index >= 15 is 0 Å². The summed E-state index contributed by atoms with van der Waals surface area (Å²) in [5.41, 5.74) is 5.63. The van der Waals surface area contributed by atoms with Crippen molar-refractivity contribution in [1.29, 1.82) is 0 Å². The molecule has 0 aliphatic heterocycles. The lowest BCUT2D eigenvalue weighted by Crippen LogP contribution is -2.09. The van der Waals surface area contributed by atoms with Crippen LogP contribution in [-0.4, -0.2) is 24.7 Å². The molecule has 1 aliphatic carbocycles. The van der Waals surface area contributed by atoms with E-state index in [9.17, 15) is 0 Å². The zero-order valence-corrected chi connectivity index (χ0v) is 8.04. The maximum Gasteiger partial charge on any atom is 0.255 e. The highest BCUT2D eigenvalue weighted by Gasteiger charge is 2.27. The van der Waals surface area contributed by atoms with Crippen molar-refractivity contribution in [2.75, 3.05) is 5.73 Å².